The molecule has 1 N–H and O–H groups in total. The number of benzene rings is 1. The lowest BCUT2D eigenvalue weighted by atomic mass is 10.1. The van der Waals surface area contributed by atoms with Gasteiger partial charge in [0, 0.05) is 23.9 Å². The zero-order chi connectivity index (χ0) is 18.6. The van der Waals surface area contributed by atoms with Gasteiger partial charge in [0.1, 0.15) is 5.75 Å². The number of carbonyl (C=O) groups is 1. The van der Waals surface area contributed by atoms with Gasteiger partial charge < -0.3 is 14.5 Å². The van der Waals surface area contributed by atoms with E-state index in [1.54, 1.807) is 36.9 Å². The third kappa shape index (κ3) is 4.62. The molecule has 0 aliphatic heterocycles. The van der Waals surface area contributed by atoms with E-state index < -0.39 is 18.0 Å². The number of hydrogen-bond acceptors (Lipinski definition) is 4. The van der Waals surface area contributed by atoms with E-state index in [9.17, 15) is 18.0 Å². The van der Waals surface area contributed by atoms with Gasteiger partial charge in [-0.15, -0.1) is 13.2 Å². The number of rotatable bonds is 5. The maximum atomic E-state index is 12.2. The Hall–Kier alpha value is -3.29. The van der Waals surface area contributed by atoms with E-state index in [0.29, 0.717) is 0 Å². The molecular formula is C18H13F3N2O3. The summed E-state index contributed by atoms with van der Waals surface area (Å²) in [6, 6.07) is 10.2. The lowest BCUT2D eigenvalue weighted by Gasteiger charge is -2.10. The van der Waals surface area contributed by atoms with Crippen molar-refractivity contribution in [2.24, 2.45) is 0 Å². The number of hydrogen-bond donors (Lipinski definition) is 1. The number of ether oxygens (including phenoxy) is 1. The topological polar surface area (TPSA) is 64.4 Å². The van der Waals surface area contributed by atoms with Crippen LogP contribution in [0.3, 0.4) is 0 Å². The summed E-state index contributed by atoms with van der Waals surface area (Å²) in [4.78, 5) is 16.4. The Kier molecular flexibility index (Phi) is 4.92. The van der Waals surface area contributed by atoms with Crippen molar-refractivity contribution < 1.29 is 27.1 Å². The number of pyridine rings is 1. The van der Waals surface area contributed by atoms with Gasteiger partial charge in [0.25, 0.3) is 5.91 Å². The van der Waals surface area contributed by atoms with Gasteiger partial charge in [-0.25, -0.2) is 0 Å². The first-order chi connectivity index (χ1) is 12.4. The fourth-order valence-electron chi connectivity index (χ4n) is 2.23. The number of aromatic nitrogens is 1. The Balaban J connectivity index is 1.61. The summed E-state index contributed by atoms with van der Waals surface area (Å²) in [5.41, 5.74) is 2.37. The van der Waals surface area contributed by atoms with Gasteiger partial charge in [-0.05, 0) is 35.9 Å². The van der Waals surface area contributed by atoms with Crippen LogP contribution in [0.5, 0.6) is 5.75 Å². The number of nitrogens with zero attached hydrogens (tertiary/aromatic N) is 1. The van der Waals surface area contributed by atoms with E-state index in [1.807, 2.05) is 0 Å². The van der Waals surface area contributed by atoms with Crippen molar-refractivity contribution in [3.05, 3.63) is 72.3 Å². The minimum absolute atomic E-state index is 0.0646. The summed E-state index contributed by atoms with van der Waals surface area (Å²) in [7, 11) is 0. The van der Waals surface area contributed by atoms with Gasteiger partial charge in [-0.2, -0.15) is 0 Å². The highest BCUT2D eigenvalue weighted by Gasteiger charge is 2.31. The van der Waals surface area contributed by atoms with Crippen LogP contribution in [0.1, 0.15) is 15.9 Å². The zero-order valence-corrected chi connectivity index (χ0v) is 13.3. The molecule has 134 valence electrons. The van der Waals surface area contributed by atoms with Crippen molar-refractivity contribution in [3.63, 3.8) is 0 Å². The van der Waals surface area contributed by atoms with E-state index in [0.717, 1.165) is 29.0 Å². The summed E-state index contributed by atoms with van der Waals surface area (Å²) in [5.74, 6) is -0.965. The molecule has 1 amide bonds. The number of carbonyl (C=O) groups excluding carboxylic acids is 1. The van der Waals surface area contributed by atoms with E-state index in [4.69, 9.17) is 4.42 Å². The minimum Gasteiger partial charge on any atom is -0.472 e. The summed E-state index contributed by atoms with van der Waals surface area (Å²) < 4.78 is 45.5. The van der Waals surface area contributed by atoms with Crippen LogP contribution in [-0.2, 0) is 6.54 Å². The number of nitrogens with one attached hydrogen (secondary N) is 1. The van der Waals surface area contributed by atoms with Gasteiger partial charge in [0.2, 0.25) is 0 Å². The molecule has 1 aromatic carbocycles. The Labute approximate surface area is 146 Å². The lowest BCUT2D eigenvalue weighted by molar-refractivity contribution is -0.274. The van der Waals surface area contributed by atoms with Crippen LogP contribution >= 0.6 is 0 Å². The molecule has 0 radical (unpaired) electrons. The lowest BCUT2D eigenvalue weighted by Crippen LogP contribution is -2.23. The van der Waals surface area contributed by atoms with Crippen molar-refractivity contribution in [1.29, 1.82) is 0 Å². The number of furan rings is 1. The maximum Gasteiger partial charge on any atom is 0.573 e. The van der Waals surface area contributed by atoms with Gasteiger partial charge in [0.15, 0.2) is 0 Å². The number of halogens is 3. The van der Waals surface area contributed by atoms with Crippen LogP contribution in [0.15, 0.2) is 65.6 Å². The van der Waals surface area contributed by atoms with E-state index in [2.05, 4.69) is 15.0 Å². The molecule has 2 heterocycles. The Morgan fingerprint density at radius 2 is 2.04 bits per heavy atom. The molecule has 5 nitrogen and oxygen atoms in total. The van der Waals surface area contributed by atoms with Gasteiger partial charge in [0.05, 0.1) is 18.2 Å². The molecule has 0 spiro atoms. The number of alkyl halides is 3. The summed E-state index contributed by atoms with van der Waals surface area (Å²) >= 11 is 0. The monoisotopic (exact) mass is 362 g/mol. The molecule has 0 bridgehead atoms. The molecule has 0 fully saturated rings. The van der Waals surface area contributed by atoms with E-state index >= 15 is 0 Å². The van der Waals surface area contributed by atoms with Crippen LogP contribution < -0.4 is 10.1 Å². The molecule has 0 saturated carbocycles. The highest BCUT2D eigenvalue weighted by molar-refractivity contribution is 5.94. The molecule has 8 heteroatoms. The van der Waals surface area contributed by atoms with Crippen molar-refractivity contribution in [2.45, 2.75) is 12.9 Å². The van der Waals surface area contributed by atoms with Crippen molar-refractivity contribution in [3.8, 4) is 17.0 Å². The summed E-state index contributed by atoms with van der Waals surface area (Å²) in [6.07, 6.45) is -0.0924. The molecule has 26 heavy (non-hydrogen) atoms. The fraction of sp³-hybridized carbons (Fsp3) is 0.111. The second kappa shape index (κ2) is 7.30. The highest BCUT2D eigenvalue weighted by Crippen LogP contribution is 2.23. The van der Waals surface area contributed by atoms with Gasteiger partial charge >= 0.3 is 6.36 Å². The average Bonchev–Trinajstić information content (AvgIpc) is 3.13. The summed E-state index contributed by atoms with van der Waals surface area (Å²) in [5, 5.41) is 2.63. The van der Waals surface area contributed by atoms with Crippen LogP contribution in [0.2, 0.25) is 0 Å². The Bertz CT molecular complexity index is 875. The Morgan fingerprint density at radius 3 is 2.69 bits per heavy atom. The van der Waals surface area contributed by atoms with Gasteiger partial charge in [-0.1, -0.05) is 12.1 Å². The third-order valence-electron chi connectivity index (χ3n) is 3.42. The summed E-state index contributed by atoms with van der Waals surface area (Å²) in [6.45, 7) is 0.182. The zero-order valence-electron chi connectivity index (χ0n) is 13.3. The predicted octanol–water partition coefficient (Wildman–Crippen LogP) is 4.17. The van der Waals surface area contributed by atoms with Crippen molar-refractivity contribution >= 4 is 5.91 Å². The van der Waals surface area contributed by atoms with Crippen LogP contribution in [0.4, 0.5) is 13.2 Å². The smallest absolute Gasteiger partial charge is 0.472 e. The largest absolute Gasteiger partial charge is 0.573 e. The molecular weight excluding hydrogens is 349 g/mol. The first kappa shape index (κ1) is 17.5. The first-order valence-corrected chi connectivity index (χ1v) is 7.52. The third-order valence-corrected chi connectivity index (χ3v) is 3.42. The molecule has 3 rings (SSSR count). The SMILES string of the molecule is O=C(NCc1ccc(-c2ccoc2)nc1)c1cccc(OC(F)(F)F)c1. The number of amides is 1. The van der Waals surface area contributed by atoms with Crippen LogP contribution in [0.25, 0.3) is 11.3 Å². The highest BCUT2D eigenvalue weighted by atomic mass is 19.4. The maximum absolute atomic E-state index is 12.2. The molecule has 0 unspecified atom stereocenters. The van der Waals surface area contributed by atoms with E-state index in [1.165, 1.54) is 12.1 Å². The first-order valence-electron chi connectivity index (χ1n) is 7.52. The quantitative estimate of drug-likeness (QED) is 0.740. The molecule has 0 aliphatic rings. The predicted molar refractivity (Wildman–Crippen MR) is 86.2 cm³/mol. The normalized spacial score (nSPS) is 11.2. The fourth-order valence-corrected chi connectivity index (χ4v) is 2.23. The van der Waals surface area contributed by atoms with E-state index in [-0.39, 0.29) is 12.1 Å². The second-order valence-electron chi connectivity index (χ2n) is 5.32. The molecule has 0 atom stereocenters. The molecule has 0 saturated heterocycles. The second-order valence-corrected chi connectivity index (χ2v) is 5.32. The van der Waals surface area contributed by atoms with Crippen molar-refractivity contribution in [1.82, 2.24) is 10.3 Å². The van der Waals surface area contributed by atoms with Crippen molar-refractivity contribution in [2.75, 3.05) is 0 Å². The van der Waals surface area contributed by atoms with Crippen LogP contribution in [-0.4, -0.2) is 17.3 Å². The molecule has 2 aromatic heterocycles. The van der Waals surface area contributed by atoms with Gasteiger partial charge in [-0.3, -0.25) is 9.78 Å². The standard InChI is InChI=1S/C18H13F3N2O3/c19-18(20,21)26-15-3-1-2-13(8-15)17(24)23-10-12-4-5-16(22-9-12)14-6-7-25-11-14/h1-9,11H,10H2,(H,23,24). The minimum atomic E-state index is -4.81. The molecule has 0 aliphatic carbocycles. The average molecular weight is 362 g/mol. The van der Waals surface area contributed by atoms with Crippen LogP contribution in [0, 0.1) is 0 Å². The Morgan fingerprint density at radius 1 is 1.19 bits per heavy atom. The molecule has 3 aromatic rings.